The van der Waals surface area contributed by atoms with E-state index in [0.717, 1.165) is 11.1 Å². The Labute approximate surface area is 302 Å². The van der Waals surface area contributed by atoms with Gasteiger partial charge in [-0.2, -0.15) is 0 Å². The molecule has 4 aromatic rings. The van der Waals surface area contributed by atoms with Gasteiger partial charge in [0.25, 0.3) is 5.56 Å². The van der Waals surface area contributed by atoms with Crippen LogP contribution in [0.15, 0.2) is 78.5 Å². The van der Waals surface area contributed by atoms with Crippen molar-refractivity contribution in [1.82, 2.24) is 4.57 Å². The highest BCUT2D eigenvalue weighted by Gasteiger charge is 2.34. The van der Waals surface area contributed by atoms with Crippen LogP contribution in [0.1, 0.15) is 50.4 Å². The zero-order valence-corrected chi connectivity index (χ0v) is 31.5. The predicted octanol–water partition coefficient (Wildman–Crippen LogP) is 8.00. The van der Waals surface area contributed by atoms with Gasteiger partial charge in [0.2, 0.25) is 0 Å². The number of methoxy groups -OCH3 is 1. The lowest BCUT2D eigenvalue weighted by atomic mass is 9.95. The van der Waals surface area contributed by atoms with Crippen LogP contribution in [0.25, 0.3) is 6.08 Å². The maximum absolute atomic E-state index is 14.1. The van der Waals surface area contributed by atoms with E-state index >= 15 is 0 Å². The minimum Gasteiger partial charge on any atom is -0.493 e. The molecule has 13 heteroatoms. The minimum atomic E-state index is -0.801. The number of nitrogens with zero attached hydrogens (tertiary/aromatic N) is 2. The molecule has 0 amide bonds. The number of halogens is 4. The van der Waals surface area contributed by atoms with Crippen LogP contribution >= 0.6 is 66.4 Å². The van der Waals surface area contributed by atoms with Gasteiger partial charge >= 0.3 is 5.97 Å². The van der Waals surface area contributed by atoms with E-state index in [1.54, 1.807) is 51.3 Å². The molecule has 0 fully saturated rings. The van der Waals surface area contributed by atoms with Crippen LogP contribution in [0.4, 0.5) is 0 Å². The number of allylic oxidation sites excluding steroid dienone is 1. The number of hydrogen-bond donors (Lipinski definition) is 0. The molecule has 1 aromatic heterocycles. The van der Waals surface area contributed by atoms with Gasteiger partial charge < -0.3 is 18.9 Å². The van der Waals surface area contributed by atoms with E-state index < -0.39 is 12.0 Å². The molecule has 0 radical (unpaired) electrons. The molecule has 5 rings (SSSR count). The lowest BCUT2D eigenvalue weighted by Gasteiger charge is -2.25. The van der Waals surface area contributed by atoms with Gasteiger partial charge in [0, 0.05) is 0 Å². The van der Waals surface area contributed by atoms with Crippen LogP contribution in [0.3, 0.4) is 0 Å². The summed E-state index contributed by atoms with van der Waals surface area (Å²) in [4.78, 5) is 32.6. The number of carbonyl (C=O) groups is 1. The SMILES string of the molecule is CCOC(=O)C1=C(C)N=c2s/c(=C\c3cc(Br)c(OCc4ccc(Cl)c(Cl)c4)c(Br)c3)c(=O)n2[C@H]1c1ccc(OC(C)C)c(OC)c1. The van der Waals surface area contributed by atoms with Crippen molar-refractivity contribution in [3.63, 3.8) is 0 Å². The zero-order valence-electron chi connectivity index (χ0n) is 26.0. The number of rotatable bonds is 10. The molecule has 0 spiro atoms. The van der Waals surface area contributed by atoms with Gasteiger partial charge in [-0.05, 0) is 119 Å². The summed E-state index contributed by atoms with van der Waals surface area (Å²) in [6.07, 6.45) is 1.70. The van der Waals surface area contributed by atoms with Crippen LogP contribution in [0, 0.1) is 0 Å². The van der Waals surface area contributed by atoms with Crippen LogP contribution in [-0.2, 0) is 16.1 Å². The molecule has 0 saturated heterocycles. The lowest BCUT2D eigenvalue weighted by molar-refractivity contribution is -0.139. The molecule has 47 heavy (non-hydrogen) atoms. The van der Waals surface area contributed by atoms with E-state index in [4.69, 9.17) is 42.1 Å². The molecule has 8 nitrogen and oxygen atoms in total. The Morgan fingerprint density at radius 1 is 1.06 bits per heavy atom. The van der Waals surface area contributed by atoms with E-state index in [9.17, 15) is 9.59 Å². The Morgan fingerprint density at radius 2 is 1.79 bits per heavy atom. The summed E-state index contributed by atoms with van der Waals surface area (Å²) < 4.78 is 26.4. The van der Waals surface area contributed by atoms with E-state index in [-0.39, 0.29) is 30.5 Å². The van der Waals surface area contributed by atoms with Crippen molar-refractivity contribution in [3.8, 4) is 17.2 Å². The molecule has 2 heterocycles. The summed E-state index contributed by atoms with van der Waals surface area (Å²) in [6, 6.07) is 13.6. The van der Waals surface area contributed by atoms with Crippen LogP contribution in [-0.4, -0.2) is 30.4 Å². The number of esters is 1. The van der Waals surface area contributed by atoms with Crippen molar-refractivity contribution < 1.29 is 23.7 Å². The number of carbonyl (C=O) groups excluding carboxylic acids is 1. The van der Waals surface area contributed by atoms with Crippen LogP contribution in [0.5, 0.6) is 17.2 Å². The van der Waals surface area contributed by atoms with Crippen molar-refractivity contribution in [2.45, 2.75) is 46.4 Å². The van der Waals surface area contributed by atoms with E-state index in [1.165, 1.54) is 15.9 Å². The van der Waals surface area contributed by atoms with Crippen LogP contribution < -0.4 is 29.1 Å². The highest BCUT2D eigenvalue weighted by atomic mass is 79.9. The summed E-state index contributed by atoms with van der Waals surface area (Å²) in [5, 5.41) is 0.922. The molecule has 1 aliphatic rings. The number of aromatic nitrogens is 1. The molecular weight excluding hydrogens is 795 g/mol. The molecule has 3 aromatic carbocycles. The summed E-state index contributed by atoms with van der Waals surface area (Å²) in [5.74, 6) is 1.08. The van der Waals surface area contributed by atoms with E-state index in [1.807, 2.05) is 38.1 Å². The Bertz CT molecular complexity index is 2050. The van der Waals surface area contributed by atoms with E-state index in [2.05, 4.69) is 36.9 Å². The van der Waals surface area contributed by atoms with Crippen molar-refractivity contribution in [3.05, 3.63) is 115 Å². The molecule has 0 aliphatic carbocycles. The van der Waals surface area contributed by atoms with Crippen molar-refractivity contribution in [1.29, 1.82) is 0 Å². The summed E-state index contributed by atoms with van der Waals surface area (Å²) in [5.41, 5.74) is 2.69. The minimum absolute atomic E-state index is 0.0760. The zero-order chi connectivity index (χ0) is 34.0. The Kier molecular flexibility index (Phi) is 11.2. The van der Waals surface area contributed by atoms with Gasteiger partial charge in [0.05, 0.1) is 60.7 Å². The fraction of sp³-hybridized carbons (Fsp3) is 0.265. The Hall–Kier alpha value is -3.09. The Morgan fingerprint density at radius 3 is 2.43 bits per heavy atom. The summed E-state index contributed by atoms with van der Waals surface area (Å²) in [7, 11) is 1.55. The smallest absolute Gasteiger partial charge is 0.338 e. The number of fused-ring (bicyclic) bond motifs is 1. The maximum Gasteiger partial charge on any atom is 0.338 e. The van der Waals surface area contributed by atoms with Gasteiger partial charge in [-0.1, -0.05) is 46.7 Å². The van der Waals surface area contributed by atoms with Crippen molar-refractivity contribution in [2.75, 3.05) is 13.7 Å². The topological polar surface area (TPSA) is 88.4 Å². The highest BCUT2D eigenvalue weighted by molar-refractivity contribution is 9.11. The second kappa shape index (κ2) is 15.0. The quantitative estimate of drug-likeness (QED) is 0.151. The second-order valence-corrected chi connectivity index (χ2v) is 14.3. The molecule has 0 saturated carbocycles. The van der Waals surface area contributed by atoms with Crippen molar-refractivity contribution in [2.24, 2.45) is 4.99 Å². The fourth-order valence-corrected chi connectivity index (χ4v) is 7.87. The maximum atomic E-state index is 14.1. The first-order valence-corrected chi connectivity index (χ1v) is 17.7. The molecule has 246 valence electrons. The monoisotopic (exact) mass is 822 g/mol. The van der Waals surface area contributed by atoms with Gasteiger partial charge in [0.15, 0.2) is 16.3 Å². The third-order valence-electron chi connectivity index (χ3n) is 7.07. The molecule has 0 bridgehead atoms. The lowest BCUT2D eigenvalue weighted by Crippen LogP contribution is -2.40. The first kappa shape index (κ1) is 35.2. The third kappa shape index (κ3) is 7.65. The first-order valence-electron chi connectivity index (χ1n) is 14.5. The average molecular weight is 825 g/mol. The highest BCUT2D eigenvalue weighted by Crippen LogP contribution is 2.38. The number of hydrogen-bond acceptors (Lipinski definition) is 8. The summed E-state index contributed by atoms with van der Waals surface area (Å²) >= 11 is 20.6. The molecule has 1 atom stereocenters. The van der Waals surface area contributed by atoms with Crippen LogP contribution in [0.2, 0.25) is 10.0 Å². The number of thiazole rings is 1. The standard InChI is InChI=1S/C34H30Br2Cl2N2O6S/c1-6-44-33(42)29-18(4)39-34-40(30(29)21-8-10-26(46-17(2)3)27(15-21)43-5)32(41)28(47-34)14-20-11-22(35)31(23(36)12-20)45-16-19-7-9-24(37)25(38)13-19/h7-15,17,30H,6,16H2,1-5H3/b28-14-/t30-/m0/s1. The normalized spacial score (nSPS) is 14.6. The summed E-state index contributed by atoms with van der Waals surface area (Å²) in [6.45, 7) is 7.77. The van der Waals surface area contributed by atoms with E-state index in [0.29, 0.717) is 56.8 Å². The van der Waals surface area contributed by atoms with Gasteiger partial charge in [-0.15, -0.1) is 0 Å². The molecule has 1 aliphatic heterocycles. The first-order chi connectivity index (χ1) is 22.4. The largest absolute Gasteiger partial charge is 0.493 e. The van der Waals surface area contributed by atoms with Gasteiger partial charge in [0.1, 0.15) is 12.4 Å². The van der Waals surface area contributed by atoms with Gasteiger partial charge in [-0.3, -0.25) is 9.36 Å². The molecule has 0 N–H and O–H groups in total. The van der Waals surface area contributed by atoms with Crippen molar-refractivity contribution >= 4 is 78.4 Å². The predicted molar refractivity (Wildman–Crippen MR) is 192 cm³/mol. The molecule has 0 unspecified atom stereocenters. The number of benzene rings is 3. The molecular formula is C34H30Br2Cl2N2O6S. The Balaban J connectivity index is 1.56. The number of ether oxygens (including phenoxy) is 4. The van der Waals surface area contributed by atoms with Gasteiger partial charge in [-0.25, -0.2) is 9.79 Å². The third-order valence-corrected chi connectivity index (χ3v) is 9.97. The average Bonchev–Trinajstić information content (AvgIpc) is 3.31. The second-order valence-electron chi connectivity index (χ2n) is 10.7. The fourth-order valence-electron chi connectivity index (χ4n) is 5.05.